The molecule has 0 radical (unpaired) electrons. The normalized spacial score (nSPS) is 13.7. The van der Waals surface area contributed by atoms with E-state index in [0.29, 0.717) is 6.04 Å². The van der Waals surface area contributed by atoms with E-state index in [4.69, 9.17) is 5.41 Å². The maximum absolute atomic E-state index is 7.40. The Kier molecular flexibility index (Phi) is 4.28. The molecule has 0 saturated heterocycles. The van der Waals surface area contributed by atoms with Gasteiger partial charge in [-0.05, 0) is 26.9 Å². The molecule has 0 aliphatic heterocycles. The average molecular weight is 142 g/mol. The first-order valence-corrected chi connectivity index (χ1v) is 3.92. The maximum atomic E-state index is 7.40. The first-order chi connectivity index (χ1) is 4.63. The SMILES string of the molecule is CCN(CC)C(C)C(C)=N. The number of nitrogens with one attached hydrogen (secondary N) is 1. The van der Waals surface area contributed by atoms with Gasteiger partial charge in [0.25, 0.3) is 0 Å². The van der Waals surface area contributed by atoms with Crippen molar-refractivity contribution in [1.82, 2.24) is 4.90 Å². The highest BCUT2D eigenvalue weighted by Gasteiger charge is 2.10. The number of rotatable bonds is 4. The zero-order valence-corrected chi connectivity index (χ0v) is 7.44. The predicted octanol–water partition coefficient (Wildman–Crippen LogP) is 1.76. The fourth-order valence-electron chi connectivity index (χ4n) is 1.05. The largest absolute Gasteiger partial charge is 0.308 e. The Labute approximate surface area is 63.7 Å². The fourth-order valence-corrected chi connectivity index (χ4v) is 1.05. The van der Waals surface area contributed by atoms with Crippen molar-refractivity contribution in [2.45, 2.75) is 33.7 Å². The first-order valence-electron chi connectivity index (χ1n) is 3.92. The molecule has 0 rings (SSSR count). The Morgan fingerprint density at radius 3 is 1.90 bits per heavy atom. The lowest BCUT2D eigenvalue weighted by Gasteiger charge is -2.25. The van der Waals surface area contributed by atoms with E-state index in [9.17, 15) is 0 Å². The van der Waals surface area contributed by atoms with Gasteiger partial charge in [0.1, 0.15) is 0 Å². The van der Waals surface area contributed by atoms with Gasteiger partial charge in [0.2, 0.25) is 0 Å². The quantitative estimate of drug-likeness (QED) is 0.595. The molecule has 0 amide bonds. The summed E-state index contributed by atoms with van der Waals surface area (Å²) in [6.45, 7) is 10.3. The highest BCUT2D eigenvalue weighted by Crippen LogP contribution is 1.98. The predicted molar refractivity (Wildman–Crippen MR) is 45.8 cm³/mol. The average Bonchev–Trinajstić information content (AvgIpc) is 1.90. The summed E-state index contributed by atoms with van der Waals surface area (Å²) in [6.07, 6.45) is 0. The lowest BCUT2D eigenvalue weighted by Crippen LogP contribution is -2.37. The Morgan fingerprint density at radius 2 is 1.80 bits per heavy atom. The molecule has 0 aliphatic rings. The molecule has 60 valence electrons. The van der Waals surface area contributed by atoms with Crippen LogP contribution < -0.4 is 0 Å². The van der Waals surface area contributed by atoms with Gasteiger partial charge in [-0.2, -0.15) is 0 Å². The van der Waals surface area contributed by atoms with Crippen molar-refractivity contribution in [3.63, 3.8) is 0 Å². The summed E-state index contributed by atoms with van der Waals surface area (Å²) in [5, 5.41) is 7.40. The lowest BCUT2D eigenvalue weighted by atomic mass is 10.2. The Bertz CT molecular complexity index is 106. The Balaban J connectivity index is 3.88. The van der Waals surface area contributed by atoms with Crippen LogP contribution in [-0.2, 0) is 0 Å². The van der Waals surface area contributed by atoms with Crippen molar-refractivity contribution in [3.05, 3.63) is 0 Å². The van der Waals surface area contributed by atoms with Crippen LogP contribution in [-0.4, -0.2) is 29.7 Å². The van der Waals surface area contributed by atoms with Gasteiger partial charge >= 0.3 is 0 Å². The summed E-state index contributed by atoms with van der Waals surface area (Å²) < 4.78 is 0. The van der Waals surface area contributed by atoms with Gasteiger partial charge in [-0.15, -0.1) is 0 Å². The molecule has 1 atom stereocenters. The summed E-state index contributed by atoms with van der Waals surface area (Å²) in [7, 11) is 0. The van der Waals surface area contributed by atoms with Gasteiger partial charge in [0.15, 0.2) is 0 Å². The van der Waals surface area contributed by atoms with Crippen LogP contribution in [0.4, 0.5) is 0 Å². The third-order valence-electron chi connectivity index (χ3n) is 1.99. The van der Waals surface area contributed by atoms with Gasteiger partial charge < -0.3 is 5.41 Å². The molecule has 0 aromatic carbocycles. The highest BCUT2D eigenvalue weighted by molar-refractivity contribution is 5.83. The van der Waals surface area contributed by atoms with Crippen molar-refractivity contribution in [2.75, 3.05) is 13.1 Å². The van der Waals surface area contributed by atoms with Crippen LogP contribution in [0, 0.1) is 5.41 Å². The first kappa shape index (κ1) is 9.63. The van der Waals surface area contributed by atoms with E-state index in [1.165, 1.54) is 0 Å². The van der Waals surface area contributed by atoms with Gasteiger partial charge in [-0.25, -0.2) is 0 Å². The van der Waals surface area contributed by atoms with Gasteiger partial charge in [-0.1, -0.05) is 13.8 Å². The number of nitrogens with zero attached hydrogens (tertiary/aromatic N) is 1. The molecule has 1 N–H and O–H groups in total. The van der Waals surface area contributed by atoms with Crippen molar-refractivity contribution in [2.24, 2.45) is 0 Å². The smallest absolute Gasteiger partial charge is 0.0442 e. The van der Waals surface area contributed by atoms with Crippen LogP contribution in [0.1, 0.15) is 27.7 Å². The van der Waals surface area contributed by atoms with Crippen LogP contribution in [0.15, 0.2) is 0 Å². The summed E-state index contributed by atoms with van der Waals surface area (Å²) in [4.78, 5) is 2.27. The summed E-state index contributed by atoms with van der Waals surface area (Å²) in [6, 6.07) is 0.315. The van der Waals surface area contributed by atoms with Crippen LogP contribution >= 0.6 is 0 Å². The summed E-state index contributed by atoms with van der Waals surface area (Å²) in [5.41, 5.74) is 0.753. The Morgan fingerprint density at radius 1 is 1.40 bits per heavy atom. The second-order valence-electron chi connectivity index (χ2n) is 2.58. The minimum atomic E-state index is 0.315. The molecule has 0 saturated carbocycles. The van der Waals surface area contributed by atoms with Gasteiger partial charge in [0.05, 0.1) is 0 Å². The minimum Gasteiger partial charge on any atom is -0.308 e. The third kappa shape index (κ3) is 2.48. The molecule has 0 bridgehead atoms. The van der Waals surface area contributed by atoms with Crippen molar-refractivity contribution in [3.8, 4) is 0 Å². The standard InChI is InChI=1S/C8H18N2/c1-5-10(6-2)8(4)7(3)9/h8-9H,5-6H2,1-4H3. The molecular formula is C8H18N2. The van der Waals surface area contributed by atoms with Crippen LogP contribution in [0.2, 0.25) is 0 Å². The zero-order chi connectivity index (χ0) is 8.15. The molecule has 1 unspecified atom stereocenters. The monoisotopic (exact) mass is 142 g/mol. The molecule has 0 aromatic rings. The van der Waals surface area contributed by atoms with Crippen LogP contribution in [0.3, 0.4) is 0 Å². The zero-order valence-electron chi connectivity index (χ0n) is 7.44. The van der Waals surface area contributed by atoms with E-state index in [-0.39, 0.29) is 0 Å². The minimum absolute atomic E-state index is 0.315. The van der Waals surface area contributed by atoms with Crippen molar-refractivity contribution >= 4 is 5.71 Å². The number of hydrogen-bond acceptors (Lipinski definition) is 2. The van der Waals surface area contributed by atoms with Crippen LogP contribution in [0.5, 0.6) is 0 Å². The van der Waals surface area contributed by atoms with E-state index in [0.717, 1.165) is 18.8 Å². The molecule has 10 heavy (non-hydrogen) atoms. The molecular weight excluding hydrogens is 124 g/mol. The second kappa shape index (κ2) is 4.45. The summed E-state index contributed by atoms with van der Waals surface area (Å²) >= 11 is 0. The van der Waals surface area contributed by atoms with E-state index >= 15 is 0 Å². The van der Waals surface area contributed by atoms with Gasteiger partial charge in [-0.3, -0.25) is 4.90 Å². The lowest BCUT2D eigenvalue weighted by molar-refractivity contribution is 0.280. The highest BCUT2D eigenvalue weighted by atomic mass is 15.1. The summed E-state index contributed by atoms with van der Waals surface area (Å²) in [5.74, 6) is 0. The second-order valence-corrected chi connectivity index (χ2v) is 2.58. The van der Waals surface area contributed by atoms with E-state index in [1.807, 2.05) is 6.92 Å². The van der Waals surface area contributed by atoms with E-state index in [2.05, 4.69) is 25.7 Å². The molecule has 0 heterocycles. The van der Waals surface area contributed by atoms with Gasteiger partial charge in [0, 0.05) is 11.8 Å². The van der Waals surface area contributed by atoms with Crippen molar-refractivity contribution < 1.29 is 0 Å². The molecule has 0 spiro atoms. The van der Waals surface area contributed by atoms with E-state index in [1.54, 1.807) is 0 Å². The molecule has 0 aromatic heterocycles. The fraction of sp³-hybridized carbons (Fsp3) is 0.875. The van der Waals surface area contributed by atoms with E-state index < -0.39 is 0 Å². The third-order valence-corrected chi connectivity index (χ3v) is 1.99. The topological polar surface area (TPSA) is 27.1 Å². The molecule has 0 aliphatic carbocycles. The maximum Gasteiger partial charge on any atom is 0.0442 e. The molecule has 2 nitrogen and oxygen atoms in total. The van der Waals surface area contributed by atoms with Crippen molar-refractivity contribution in [1.29, 1.82) is 5.41 Å². The Hall–Kier alpha value is -0.370. The molecule has 2 heteroatoms. The molecule has 0 fully saturated rings. The van der Waals surface area contributed by atoms with Crippen LogP contribution in [0.25, 0.3) is 0 Å². The number of hydrogen-bond donors (Lipinski definition) is 1.